The number of anilines is 1. The third kappa shape index (κ3) is 7.13. The number of ether oxygens (including phenoxy) is 2. The summed E-state index contributed by atoms with van der Waals surface area (Å²) in [7, 11) is 3.00. The molecule has 140 valence electrons. The number of carboxylic acid groups (broad SMARTS) is 1. The third-order valence-corrected chi connectivity index (χ3v) is 3.46. The lowest BCUT2D eigenvalue weighted by Crippen LogP contribution is -2.17. The van der Waals surface area contributed by atoms with Crippen LogP contribution in [0.2, 0.25) is 0 Å². The summed E-state index contributed by atoms with van der Waals surface area (Å²) in [5.74, 6) is -0.354. The van der Waals surface area contributed by atoms with Gasteiger partial charge >= 0.3 is 5.97 Å². The number of carbonyl (C=O) groups excluding carboxylic acids is 1. The van der Waals surface area contributed by atoms with E-state index in [1.807, 2.05) is 6.07 Å². The summed E-state index contributed by atoms with van der Waals surface area (Å²) < 4.78 is 10.3. The summed E-state index contributed by atoms with van der Waals surface area (Å²) >= 11 is 0. The lowest BCUT2D eigenvalue weighted by atomic mass is 10.2. The fraction of sp³-hybridized carbons (Fsp3) is 0.389. The first-order valence-electron chi connectivity index (χ1n) is 8.10. The van der Waals surface area contributed by atoms with Crippen LogP contribution in [-0.2, 0) is 9.59 Å². The molecule has 0 aliphatic rings. The molecule has 0 unspecified atom stereocenters. The van der Waals surface area contributed by atoms with E-state index < -0.39 is 11.9 Å². The topological polar surface area (TPSA) is 121 Å². The lowest BCUT2D eigenvalue weighted by molar-refractivity contribution is -0.137. The number of aliphatic carboxylic acids is 1. The number of nitrogens with one attached hydrogen (secondary N) is 2. The molecular weight excluding hydrogens is 338 g/mol. The maximum absolute atomic E-state index is 12.2. The minimum atomic E-state index is -0.809. The highest BCUT2D eigenvalue weighted by Crippen LogP contribution is 2.29. The van der Waals surface area contributed by atoms with Crippen LogP contribution in [0, 0.1) is 11.3 Å². The van der Waals surface area contributed by atoms with Crippen molar-refractivity contribution in [2.24, 2.45) is 0 Å². The van der Waals surface area contributed by atoms with Crippen molar-refractivity contribution in [1.29, 1.82) is 5.26 Å². The molecule has 1 rings (SSSR count). The third-order valence-electron chi connectivity index (χ3n) is 3.46. The van der Waals surface area contributed by atoms with Gasteiger partial charge in [-0.25, -0.2) is 0 Å². The first kappa shape index (κ1) is 20.8. The number of carbonyl (C=O) groups is 2. The van der Waals surface area contributed by atoms with Crippen LogP contribution >= 0.6 is 0 Å². The van der Waals surface area contributed by atoms with E-state index in [1.165, 1.54) is 20.4 Å². The van der Waals surface area contributed by atoms with Gasteiger partial charge in [-0.2, -0.15) is 5.26 Å². The molecule has 26 heavy (non-hydrogen) atoms. The summed E-state index contributed by atoms with van der Waals surface area (Å²) in [6.45, 7) is 0.550. The second-order valence-electron chi connectivity index (χ2n) is 5.35. The number of unbranched alkanes of at least 4 members (excludes halogenated alkanes) is 2. The normalized spacial score (nSPS) is 10.6. The van der Waals surface area contributed by atoms with Gasteiger partial charge in [-0.3, -0.25) is 9.59 Å². The molecule has 0 saturated heterocycles. The van der Waals surface area contributed by atoms with Gasteiger partial charge < -0.3 is 25.2 Å². The molecule has 0 fully saturated rings. The number of benzene rings is 1. The zero-order valence-corrected chi connectivity index (χ0v) is 14.9. The van der Waals surface area contributed by atoms with Gasteiger partial charge in [-0.05, 0) is 25.0 Å². The number of rotatable bonds is 11. The summed E-state index contributed by atoms with van der Waals surface area (Å²) in [4.78, 5) is 22.6. The Bertz CT molecular complexity index is 695. The van der Waals surface area contributed by atoms with Gasteiger partial charge in [-0.1, -0.05) is 6.42 Å². The molecule has 0 aromatic heterocycles. The zero-order chi connectivity index (χ0) is 19.4. The van der Waals surface area contributed by atoms with Crippen molar-refractivity contribution in [2.75, 3.05) is 26.1 Å². The second kappa shape index (κ2) is 11.4. The van der Waals surface area contributed by atoms with Crippen molar-refractivity contribution < 1.29 is 24.2 Å². The Morgan fingerprint density at radius 1 is 1.19 bits per heavy atom. The average molecular weight is 361 g/mol. The number of carboxylic acids is 1. The number of hydrogen-bond acceptors (Lipinski definition) is 6. The molecule has 3 N–H and O–H groups in total. The monoisotopic (exact) mass is 361 g/mol. The maximum Gasteiger partial charge on any atom is 0.303 e. The fourth-order valence-corrected chi connectivity index (χ4v) is 2.12. The van der Waals surface area contributed by atoms with Crippen LogP contribution in [0.15, 0.2) is 30.0 Å². The predicted octanol–water partition coefficient (Wildman–Crippen LogP) is 2.28. The number of amides is 1. The lowest BCUT2D eigenvalue weighted by Gasteiger charge is -2.10. The van der Waals surface area contributed by atoms with Gasteiger partial charge in [0.15, 0.2) is 11.5 Å². The zero-order valence-electron chi connectivity index (χ0n) is 14.9. The van der Waals surface area contributed by atoms with Crippen LogP contribution in [-0.4, -0.2) is 37.7 Å². The SMILES string of the molecule is COc1ccc(NC(=O)/C(C#N)=C\NCCCCCC(=O)O)cc1OC. The van der Waals surface area contributed by atoms with Gasteiger partial charge in [0.05, 0.1) is 14.2 Å². The average Bonchev–Trinajstić information content (AvgIpc) is 2.63. The standard InChI is InChI=1S/C18H23N3O5/c1-25-15-8-7-14(10-16(15)26-2)21-18(24)13(11-19)12-20-9-5-3-4-6-17(22)23/h7-8,10,12,20H,3-6,9H2,1-2H3,(H,21,24)(H,22,23)/b13-12-. The summed E-state index contributed by atoms with van der Waals surface area (Å²) in [6.07, 6.45) is 3.61. The van der Waals surface area contributed by atoms with Crippen molar-refractivity contribution >= 4 is 17.6 Å². The van der Waals surface area contributed by atoms with E-state index in [9.17, 15) is 9.59 Å². The van der Waals surface area contributed by atoms with Crippen LogP contribution < -0.4 is 20.1 Å². The van der Waals surface area contributed by atoms with Crippen molar-refractivity contribution in [3.05, 3.63) is 30.0 Å². The molecule has 0 aliphatic heterocycles. The molecule has 0 bridgehead atoms. The van der Waals surface area contributed by atoms with E-state index in [1.54, 1.807) is 18.2 Å². The number of methoxy groups -OCH3 is 2. The summed E-state index contributed by atoms with van der Waals surface area (Å²) in [6, 6.07) is 6.74. The van der Waals surface area contributed by atoms with Crippen LogP contribution in [0.1, 0.15) is 25.7 Å². The molecule has 0 radical (unpaired) electrons. The Morgan fingerprint density at radius 2 is 1.92 bits per heavy atom. The first-order chi connectivity index (χ1) is 12.5. The Morgan fingerprint density at radius 3 is 2.54 bits per heavy atom. The van der Waals surface area contributed by atoms with Gasteiger partial charge in [0, 0.05) is 30.9 Å². The number of nitriles is 1. The van der Waals surface area contributed by atoms with Crippen LogP contribution in [0.3, 0.4) is 0 Å². The number of nitrogens with zero attached hydrogens (tertiary/aromatic N) is 1. The van der Waals surface area contributed by atoms with E-state index in [-0.39, 0.29) is 12.0 Å². The minimum Gasteiger partial charge on any atom is -0.493 e. The Labute approximate surface area is 152 Å². The highest BCUT2D eigenvalue weighted by atomic mass is 16.5. The predicted molar refractivity (Wildman–Crippen MR) is 96.0 cm³/mol. The summed E-state index contributed by atoms with van der Waals surface area (Å²) in [5.41, 5.74) is 0.410. The second-order valence-corrected chi connectivity index (χ2v) is 5.35. The highest BCUT2D eigenvalue weighted by molar-refractivity contribution is 6.06. The van der Waals surface area contributed by atoms with E-state index in [0.717, 1.165) is 12.8 Å². The molecule has 0 aliphatic carbocycles. The molecule has 0 heterocycles. The highest BCUT2D eigenvalue weighted by Gasteiger charge is 2.11. The minimum absolute atomic E-state index is 0.0645. The van der Waals surface area contributed by atoms with Gasteiger partial charge in [0.2, 0.25) is 0 Å². The van der Waals surface area contributed by atoms with Crippen LogP contribution in [0.4, 0.5) is 5.69 Å². The fourth-order valence-electron chi connectivity index (χ4n) is 2.12. The number of hydrogen-bond donors (Lipinski definition) is 3. The molecule has 0 atom stereocenters. The molecule has 1 aromatic carbocycles. The Balaban J connectivity index is 2.53. The molecule has 8 nitrogen and oxygen atoms in total. The molecular formula is C18H23N3O5. The van der Waals surface area contributed by atoms with Crippen LogP contribution in [0.25, 0.3) is 0 Å². The van der Waals surface area contributed by atoms with Crippen LogP contribution in [0.5, 0.6) is 11.5 Å². The smallest absolute Gasteiger partial charge is 0.303 e. The molecule has 1 amide bonds. The van der Waals surface area contributed by atoms with Crippen molar-refractivity contribution in [3.8, 4) is 17.6 Å². The first-order valence-corrected chi connectivity index (χ1v) is 8.10. The van der Waals surface area contributed by atoms with E-state index >= 15 is 0 Å². The molecule has 0 spiro atoms. The van der Waals surface area contributed by atoms with Crippen molar-refractivity contribution in [3.63, 3.8) is 0 Å². The quantitative estimate of drug-likeness (QED) is 0.314. The molecule has 0 saturated carbocycles. The Kier molecular flexibility index (Phi) is 9.10. The largest absolute Gasteiger partial charge is 0.493 e. The van der Waals surface area contributed by atoms with E-state index in [4.69, 9.17) is 19.8 Å². The molecule has 1 aromatic rings. The van der Waals surface area contributed by atoms with Gasteiger partial charge in [0.1, 0.15) is 11.6 Å². The van der Waals surface area contributed by atoms with E-state index in [2.05, 4.69) is 10.6 Å². The van der Waals surface area contributed by atoms with Gasteiger partial charge in [-0.15, -0.1) is 0 Å². The molecule has 8 heteroatoms. The van der Waals surface area contributed by atoms with E-state index in [0.29, 0.717) is 30.2 Å². The van der Waals surface area contributed by atoms with Gasteiger partial charge in [0.25, 0.3) is 5.91 Å². The van der Waals surface area contributed by atoms with Crippen molar-refractivity contribution in [2.45, 2.75) is 25.7 Å². The summed E-state index contributed by atoms with van der Waals surface area (Å²) in [5, 5.41) is 23.2. The maximum atomic E-state index is 12.2. The Hall–Kier alpha value is -3.21. The van der Waals surface area contributed by atoms with Crippen molar-refractivity contribution in [1.82, 2.24) is 5.32 Å².